The fourth-order valence-electron chi connectivity index (χ4n) is 0.911. The largest absolute Gasteiger partial charge is 0.383 e. The molecule has 0 saturated heterocycles. The Morgan fingerprint density at radius 1 is 1.54 bits per heavy atom. The molecule has 0 aliphatic rings. The zero-order valence-electron chi connectivity index (χ0n) is 8.04. The number of rotatable bonds is 6. The summed E-state index contributed by atoms with van der Waals surface area (Å²) in [5.41, 5.74) is 0. The summed E-state index contributed by atoms with van der Waals surface area (Å²) in [5, 5.41) is 6.75. The van der Waals surface area contributed by atoms with E-state index in [1.54, 1.807) is 7.11 Å². The average Bonchev–Trinajstić information content (AvgIpc) is 2.54. The molecule has 0 aromatic carbocycles. The molecule has 0 spiro atoms. The minimum absolute atomic E-state index is 0.473. The first-order valence-electron chi connectivity index (χ1n) is 4.42. The first-order valence-corrected chi connectivity index (χ1v) is 4.42. The zero-order chi connectivity index (χ0) is 9.52. The predicted octanol–water partition coefficient (Wildman–Crippen LogP) is 1.08. The highest BCUT2D eigenvalue weighted by molar-refractivity contribution is 5.17. The molecule has 0 aliphatic carbocycles. The third kappa shape index (κ3) is 3.42. The van der Waals surface area contributed by atoms with Gasteiger partial charge in [0, 0.05) is 20.1 Å². The Balaban J connectivity index is 2.31. The maximum absolute atomic E-state index is 4.94. The fraction of sp³-hybridized carbons (Fsp3) is 0.750. The first-order chi connectivity index (χ1) is 6.36. The zero-order valence-corrected chi connectivity index (χ0v) is 8.04. The van der Waals surface area contributed by atoms with Gasteiger partial charge >= 0.3 is 6.01 Å². The summed E-state index contributed by atoms with van der Waals surface area (Å²) in [6, 6.07) is 0.473. The van der Waals surface area contributed by atoms with E-state index in [2.05, 4.69) is 22.4 Å². The molecule has 0 unspecified atom stereocenters. The van der Waals surface area contributed by atoms with Crippen molar-refractivity contribution in [2.24, 2.45) is 0 Å². The van der Waals surface area contributed by atoms with Gasteiger partial charge in [0.05, 0.1) is 6.61 Å². The lowest BCUT2D eigenvalue weighted by atomic mass is 10.3. The number of aryl methyl sites for hydroxylation is 1. The van der Waals surface area contributed by atoms with Crippen molar-refractivity contribution in [1.29, 1.82) is 0 Å². The highest BCUT2D eigenvalue weighted by Crippen LogP contribution is 2.04. The van der Waals surface area contributed by atoms with E-state index in [1.807, 2.05) is 0 Å². The lowest BCUT2D eigenvalue weighted by Gasteiger charge is -1.97. The minimum Gasteiger partial charge on any atom is -0.383 e. The Morgan fingerprint density at radius 3 is 3.08 bits per heavy atom. The smallest absolute Gasteiger partial charge is 0.321 e. The van der Waals surface area contributed by atoms with Crippen LogP contribution in [0.4, 0.5) is 6.01 Å². The molecule has 0 aliphatic heterocycles. The van der Waals surface area contributed by atoms with Crippen molar-refractivity contribution < 1.29 is 9.26 Å². The highest BCUT2D eigenvalue weighted by atomic mass is 16.5. The molecular weight excluding hydrogens is 170 g/mol. The second-order valence-electron chi connectivity index (χ2n) is 2.69. The first kappa shape index (κ1) is 9.98. The van der Waals surface area contributed by atoms with Gasteiger partial charge in [0.1, 0.15) is 0 Å². The van der Waals surface area contributed by atoms with E-state index in [0.29, 0.717) is 19.2 Å². The Morgan fingerprint density at radius 2 is 2.38 bits per heavy atom. The standard InChI is InChI=1S/C8H15N3O2/c1-3-4-7-10-8(13-11-7)9-5-6-12-2/h3-6H2,1-2H3,(H,9,10,11). The van der Waals surface area contributed by atoms with Crippen LogP contribution in [0.15, 0.2) is 4.52 Å². The lowest BCUT2D eigenvalue weighted by Crippen LogP contribution is -2.07. The van der Waals surface area contributed by atoms with Gasteiger partial charge in [-0.2, -0.15) is 4.98 Å². The van der Waals surface area contributed by atoms with E-state index in [0.717, 1.165) is 18.7 Å². The van der Waals surface area contributed by atoms with Crippen molar-refractivity contribution >= 4 is 6.01 Å². The van der Waals surface area contributed by atoms with Gasteiger partial charge in [0.2, 0.25) is 0 Å². The van der Waals surface area contributed by atoms with Gasteiger partial charge in [0.15, 0.2) is 5.82 Å². The summed E-state index contributed by atoms with van der Waals surface area (Å²) < 4.78 is 9.80. The molecule has 1 aromatic heterocycles. The van der Waals surface area contributed by atoms with Crippen LogP contribution < -0.4 is 5.32 Å². The highest BCUT2D eigenvalue weighted by Gasteiger charge is 2.03. The molecule has 1 aromatic rings. The fourth-order valence-corrected chi connectivity index (χ4v) is 0.911. The number of hydrogen-bond acceptors (Lipinski definition) is 5. The lowest BCUT2D eigenvalue weighted by molar-refractivity contribution is 0.210. The van der Waals surface area contributed by atoms with Gasteiger partial charge < -0.3 is 14.6 Å². The molecule has 1 N–H and O–H groups in total. The number of anilines is 1. The Kier molecular flexibility index (Phi) is 4.25. The third-order valence-electron chi connectivity index (χ3n) is 1.52. The second kappa shape index (κ2) is 5.53. The summed E-state index contributed by atoms with van der Waals surface area (Å²) in [6.45, 7) is 3.39. The van der Waals surface area contributed by atoms with E-state index in [1.165, 1.54) is 0 Å². The van der Waals surface area contributed by atoms with Gasteiger partial charge in [-0.25, -0.2) is 0 Å². The van der Waals surface area contributed by atoms with Crippen LogP contribution in [-0.2, 0) is 11.2 Å². The van der Waals surface area contributed by atoms with Crippen LogP contribution in [0.3, 0.4) is 0 Å². The molecule has 0 radical (unpaired) electrons. The monoisotopic (exact) mass is 185 g/mol. The van der Waals surface area contributed by atoms with E-state index in [9.17, 15) is 0 Å². The van der Waals surface area contributed by atoms with Gasteiger partial charge in [0.25, 0.3) is 0 Å². The van der Waals surface area contributed by atoms with Gasteiger partial charge in [-0.05, 0) is 6.42 Å². The molecule has 0 saturated carbocycles. The number of nitrogens with zero attached hydrogens (tertiary/aromatic N) is 2. The summed E-state index contributed by atoms with van der Waals surface area (Å²) in [4.78, 5) is 4.13. The van der Waals surface area contributed by atoms with Gasteiger partial charge in [-0.1, -0.05) is 12.1 Å². The number of nitrogens with one attached hydrogen (secondary N) is 1. The molecule has 5 heteroatoms. The maximum atomic E-state index is 4.94. The van der Waals surface area contributed by atoms with Crippen LogP contribution in [-0.4, -0.2) is 30.4 Å². The molecule has 0 bridgehead atoms. The van der Waals surface area contributed by atoms with Gasteiger partial charge in [-0.3, -0.25) is 0 Å². The van der Waals surface area contributed by atoms with E-state index >= 15 is 0 Å². The number of methoxy groups -OCH3 is 1. The van der Waals surface area contributed by atoms with Crippen molar-refractivity contribution in [3.8, 4) is 0 Å². The van der Waals surface area contributed by atoms with E-state index in [-0.39, 0.29) is 0 Å². The van der Waals surface area contributed by atoms with Crippen LogP contribution in [0.5, 0.6) is 0 Å². The normalized spacial score (nSPS) is 10.3. The molecular formula is C8H15N3O2. The Bertz CT molecular complexity index is 237. The summed E-state index contributed by atoms with van der Waals surface area (Å²) in [6.07, 6.45) is 1.88. The quantitative estimate of drug-likeness (QED) is 0.672. The maximum Gasteiger partial charge on any atom is 0.321 e. The van der Waals surface area contributed by atoms with Crippen LogP contribution in [0.1, 0.15) is 19.2 Å². The average molecular weight is 185 g/mol. The molecule has 5 nitrogen and oxygen atoms in total. The molecule has 1 rings (SSSR count). The van der Waals surface area contributed by atoms with Crippen LogP contribution in [0, 0.1) is 0 Å². The number of ether oxygens (including phenoxy) is 1. The van der Waals surface area contributed by atoms with Crippen LogP contribution in [0.2, 0.25) is 0 Å². The second-order valence-corrected chi connectivity index (χ2v) is 2.69. The van der Waals surface area contributed by atoms with Crippen molar-refractivity contribution in [3.63, 3.8) is 0 Å². The van der Waals surface area contributed by atoms with Gasteiger partial charge in [-0.15, -0.1) is 0 Å². The Hall–Kier alpha value is -1.10. The Labute approximate surface area is 77.5 Å². The number of aromatic nitrogens is 2. The minimum atomic E-state index is 0.473. The topological polar surface area (TPSA) is 60.2 Å². The van der Waals surface area contributed by atoms with Crippen LogP contribution >= 0.6 is 0 Å². The van der Waals surface area contributed by atoms with Crippen molar-refractivity contribution in [2.45, 2.75) is 19.8 Å². The third-order valence-corrected chi connectivity index (χ3v) is 1.52. The predicted molar refractivity (Wildman–Crippen MR) is 48.7 cm³/mol. The van der Waals surface area contributed by atoms with Crippen LogP contribution in [0.25, 0.3) is 0 Å². The van der Waals surface area contributed by atoms with Crippen molar-refractivity contribution in [1.82, 2.24) is 10.1 Å². The summed E-state index contributed by atoms with van der Waals surface area (Å²) in [7, 11) is 1.65. The van der Waals surface area contributed by atoms with Crippen molar-refractivity contribution in [3.05, 3.63) is 5.82 Å². The molecule has 74 valence electrons. The summed E-state index contributed by atoms with van der Waals surface area (Å²) >= 11 is 0. The SMILES string of the molecule is CCCc1noc(NCCOC)n1. The van der Waals surface area contributed by atoms with E-state index < -0.39 is 0 Å². The number of hydrogen-bond donors (Lipinski definition) is 1. The molecule has 1 heterocycles. The molecule has 13 heavy (non-hydrogen) atoms. The molecule has 0 fully saturated rings. The molecule has 0 atom stereocenters. The van der Waals surface area contributed by atoms with Crippen molar-refractivity contribution in [2.75, 3.05) is 25.6 Å². The summed E-state index contributed by atoms with van der Waals surface area (Å²) in [5.74, 6) is 0.752. The molecule has 0 amide bonds. The van der Waals surface area contributed by atoms with E-state index in [4.69, 9.17) is 9.26 Å².